The van der Waals surface area contributed by atoms with Gasteiger partial charge in [0, 0.05) is 13.1 Å². The van der Waals surface area contributed by atoms with E-state index in [-0.39, 0.29) is 22.4 Å². The first-order valence-electron chi connectivity index (χ1n) is 8.69. The summed E-state index contributed by atoms with van der Waals surface area (Å²) in [7, 11) is -3.69. The second-order valence-corrected chi connectivity index (χ2v) is 9.14. The number of aryl methyl sites for hydroxylation is 1. The van der Waals surface area contributed by atoms with Crippen molar-refractivity contribution in [2.45, 2.75) is 44.9 Å². The number of rotatable bonds is 7. The largest absolute Gasteiger partial charge is 0.491 e. The molecule has 27 heavy (non-hydrogen) atoms. The van der Waals surface area contributed by atoms with Gasteiger partial charge >= 0.3 is 4.87 Å². The standard InChI is InChI=1S/C19H22N2O4S2/c1-4-21-17-9-8-16(11-18(17)26-19(21)22)27(23,24)20-12-14-6-5-7-15(10-14)25-13(2)3/h5-11,13,20H,4,12H2,1-3H3. The number of fused-ring (bicyclic) bond motifs is 1. The molecule has 0 saturated carbocycles. The number of nitrogens with one attached hydrogen (secondary N) is 1. The van der Waals surface area contributed by atoms with Crippen molar-refractivity contribution in [3.63, 3.8) is 0 Å². The summed E-state index contributed by atoms with van der Waals surface area (Å²) in [6, 6.07) is 12.1. The minimum absolute atomic E-state index is 0.0475. The average molecular weight is 407 g/mol. The Morgan fingerprint density at radius 3 is 2.67 bits per heavy atom. The zero-order chi connectivity index (χ0) is 19.6. The average Bonchev–Trinajstić information content (AvgIpc) is 2.94. The Bertz CT molecular complexity index is 1110. The highest BCUT2D eigenvalue weighted by Gasteiger charge is 2.16. The van der Waals surface area contributed by atoms with Crippen LogP contribution in [0.15, 0.2) is 52.2 Å². The number of thiazole rings is 1. The van der Waals surface area contributed by atoms with Crippen LogP contribution < -0.4 is 14.3 Å². The summed E-state index contributed by atoms with van der Waals surface area (Å²) < 4.78 is 35.8. The maximum atomic E-state index is 12.7. The first-order valence-corrected chi connectivity index (χ1v) is 11.0. The lowest BCUT2D eigenvalue weighted by Gasteiger charge is -2.11. The van der Waals surface area contributed by atoms with Crippen molar-refractivity contribution in [1.29, 1.82) is 0 Å². The van der Waals surface area contributed by atoms with Gasteiger partial charge in [0.15, 0.2) is 0 Å². The Kier molecular flexibility index (Phi) is 5.69. The van der Waals surface area contributed by atoms with Crippen molar-refractivity contribution in [3.05, 3.63) is 57.7 Å². The summed E-state index contributed by atoms with van der Waals surface area (Å²) in [4.78, 5) is 12.0. The quantitative estimate of drug-likeness (QED) is 0.653. The van der Waals surface area contributed by atoms with Crippen LogP contribution in [0.1, 0.15) is 26.3 Å². The van der Waals surface area contributed by atoms with Crippen LogP contribution in [0.25, 0.3) is 10.2 Å². The van der Waals surface area contributed by atoms with Crippen LogP contribution >= 0.6 is 11.3 Å². The summed E-state index contributed by atoms with van der Waals surface area (Å²) >= 11 is 1.05. The molecular formula is C19H22N2O4S2. The molecule has 0 fully saturated rings. The van der Waals surface area contributed by atoms with Gasteiger partial charge in [0.2, 0.25) is 10.0 Å². The minimum atomic E-state index is -3.69. The van der Waals surface area contributed by atoms with Crippen molar-refractivity contribution in [3.8, 4) is 5.75 Å². The zero-order valence-electron chi connectivity index (χ0n) is 15.4. The maximum Gasteiger partial charge on any atom is 0.308 e. The molecule has 0 aliphatic rings. The topological polar surface area (TPSA) is 77.4 Å². The molecule has 8 heteroatoms. The number of aromatic nitrogens is 1. The second-order valence-electron chi connectivity index (χ2n) is 6.38. The van der Waals surface area contributed by atoms with Gasteiger partial charge in [0.1, 0.15) is 5.75 Å². The highest BCUT2D eigenvalue weighted by atomic mass is 32.2. The molecule has 1 N–H and O–H groups in total. The van der Waals surface area contributed by atoms with Gasteiger partial charge < -0.3 is 4.74 Å². The molecule has 144 valence electrons. The normalized spacial score (nSPS) is 12.0. The molecule has 6 nitrogen and oxygen atoms in total. The second kappa shape index (κ2) is 7.84. The van der Waals surface area contributed by atoms with Crippen LogP contribution in [0, 0.1) is 0 Å². The van der Waals surface area contributed by atoms with E-state index in [0.717, 1.165) is 22.4 Å². The highest BCUT2D eigenvalue weighted by Crippen LogP contribution is 2.22. The Labute approximate surface area is 162 Å². The monoisotopic (exact) mass is 406 g/mol. The summed E-state index contributed by atoms with van der Waals surface area (Å²) in [5.74, 6) is 0.703. The van der Waals surface area contributed by atoms with Crippen LogP contribution in [0.2, 0.25) is 0 Å². The third-order valence-corrected chi connectivity index (χ3v) is 6.34. The fraction of sp³-hybridized carbons (Fsp3) is 0.316. The molecule has 0 bridgehead atoms. The van der Waals surface area contributed by atoms with E-state index in [0.29, 0.717) is 17.0 Å². The van der Waals surface area contributed by atoms with E-state index >= 15 is 0 Å². The molecule has 0 unspecified atom stereocenters. The van der Waals surface area contributed by atoms with Crippen molar-refractivity contribution >= 4 is 31.6 Å². The fourth-order valence-corrected chi connectivity index (χ4v) is 4.89. The van der Waals surface area contributed by atoms with Gasteiger partial charge in [-0.1, -0.05) is 23.5 Å². The Morgan fingerprint density at radius 2 is 1.96 bits per heavy atom. The van der Waals surface area contributed by atoms with Crippen LogP contribution in [-0.2, 0) is 23.1 Å². The predicted molar refractivity (Wildman–Crippen MR) is 108 cm³/mol. The third kappa shape index (κ3) is 4.40. The Morgan fingerprint density at radius 1 is 1.19 bits per heavy atom. The fourth-order valence-electron chi connectivity index (χ4n) is 2.78. The SMILES string of the molecule is CCn1c(=O)sc2cc(S(=O)(=O)NCc3cccc(OC(C)C)c3)ccc21. The molecule has 3 aromatic rings. The van der Waals surface area contributed by atoms with Crippen molar-refractivity contribution in [2.24, 2.45) is 0 Å². The van der Waals surface area contributed by atoms with Gasteiger partial charge in [-0.25, -0.2) is 13.1 Å². The molecule has 0 aliphatic carbocycles. The van der Waals surface area contributed by atoms with Gasteiger partial charge in [0.05, 0.1) is 21.2 Å². The summed E-state index contributed by atoms with van der Waals surface area (Å²) in [5, 5.41) is 0. The first-order chi connectivity index (χ1) is 12.8. The van der Waals surface area contributed by atoms with E-state index in [2.05, 4.69) is 4.72 Å². The van der Waals surface area contributed by atoms with Gasteiger partial charge in [0.25, 0.3) is 0 Å². The predicted octanol–water partition coefficient (Wildman–Crippen LogP) is 3.35. The zero-order valence-corrected chi connectivity index (χ0v) is 17.1. The minimum Gasteiger partial charge on any atom is -0.491 e. The lowest BCUT2D eigenvalue weighted by atomic mass is 10.2. The summed E-state index contributed by atoms with van der Waals surface area (Å²) in [5.41, 5.74) is 1.56. The van der Waals surface area contributed by atoms with Crippen molar-refractivity contribution < 1.29 is 13.2 Å². The molecule has 2 aromatic carbocycles. The maximum absolute atomic E-state index is 12.7. The van der Waals surface area contributed by atoms with Gasteiger partial charge in [-0.3, -0.25) is 9.36 Å². The number of nitrogens with zero attached hydrogens (tertiary/aromatic N) is 1. The van der Waals surface area contributed by atoms with Crippen LogP contribution in [0.4, 0.5) is 0 Å². The molecule has 0 radical (unpaired) electrons. The molecular weight excluding hydrogens is 384 g/mol. The molecule has 0 atom stereocenters. The molecule has 1 aromatic heterocycles. The molecule has 0 spiro atoms. The van der Waals surface area contributed by atoms with Crippen LogP contribution in [0.5, 0.6) is 5.75 Å². The van der Waals surface area contributed by atoms with Crippen molar-refractivity contribution in [1.82, 2.24) is 9.29 Å². The molecule has 0 aliphatic heterocycles. The number of ether oxygens (including phenoxy) is 1. The van der Waals surface area contributed by atoms with E-state index in [4.69, 9.17) is 4.74 Å². The summed E-state index contributed by atoms with van der Waals surface area (Å²) in [6.07, 6.45) is 0.0475. The van der Waals surface area contributed by atoms with E-state index in [1.54, 1.807) is 16.7 Å². The molecule has 3 rings (SSSR count). The number of sulfonamides is 1. The number of benzene rings is 2. The van der Waals surface area contributed by atoms with Crippen LogP contribution in [-0.4, -0.2) is 19.1 Å². The van der Waals surface area contributed by atoms with E-state index in [9.17, 15) is 13.2 Å². The van der Waals surface area contributed by atoms with Gasteiger partial charge in [-0.05, 0) is 56.7 Å². The Hall–Kier alpha value is -2.16. The highest BCUT2D eigenvalue weighted by molar-refractivity contribution is 7.89. The molecule has 0 saturated heterocycles. The number of hydrogen-bond acceptors (Lipinski definition) is 5. The lowest BCUT2D eigenvalue weighted by molar-refractivity contribution is 0.242. The number of hydrogen-bond donors (Lipinski definition) is 1. The van der Waals surface area contributed by atoms with E-state index < -0.39 is 10.0 Å². The summed E-state index contributed by atoms with van der Waals surface area (Å²) in [6.45, 7) is 6.47. The van der Waals surface area contributed by atoms with Gasteiger partial charge in [-0.15, -0.1) is 0 Å². The van der Waals surface area contributed by atoms with E-state index in [1.807, 2.05) is 45.0 Å². The van der Waals surface area contributed by atoms with E-state index in [1.165, 1.54) is 6.07 Å². The molecule has 0 amide bonds. The van der Waals surface area contributed by atoms with Crippen molar-refractivity contribution in [2.75, 3.05) is 0 Å². The van der Waals surface area contributed by atoms with Gasteiger partial charge in [-0.2, -0.15) is 0 Å². The smallest absolute Gasteiger partial charge is 0.308 e. The lowest BCUT2D eigenvalue weighted by Crippen LogP contribution is -2.23. The van der Waals surface area contributed by atoms with Crippen LogP contribution in [0.3, 0.4) is 0 Å². The third-order valence-electron chi connectivity index (χ3n) is 4.00. The Balaban J connectivity index is 1.81. The first kappa shape index (κ1) is 19.6. The molecule has 1 heterocycles.